The van der Waals surface area contributed by atoms with E-state index in [0.717, 1.165) is 10.9 Å². The Morgan fingerprint density at radius 1 is 1.10 bits per heavy atom. The molecule has 0 bridgehead atoms. The van der Waals surface area contributed by atoms with Crippen molar-refractivity contribution in [2.45, 2.75) is 24.3 Å². The molecule has 3 aromatic rings. The standard InChI is InChI=1S/C21H21N3O4S/c1-15(25)22-17-7-9-19(10-8-17)29(26,27)24-13-12-18(14-24)28-21-11-6-16-4-2-3-5-20(16)23-21/h2-11,18H,12-14H2,1H3,(H,22,25). The van der Waals surface area contributed by atoms with Crippen molar-refractivity contribution >= 4 is 32.5 Å². The molecule has 0 radical (unpaired) electrons. The highest BCUT2D eigenvalue weighted by molar-refractivity contribution is 7.89. The van der Waals surface area contributed by atoms with E-state index < -0.39 is 10.0 Å². The number of hydrogen-bond acceptors (Lipinski definition) is 5. The van der Waals surface area contributed by atoms with Gasteiger partial charge in [-0.1, -0.05) is 18.2 Å². The Morgan fingerprint density at radius 2 is 1.86 bits per heavy atom. The molecule has 2 heterocycles. The number of carbonyl (C=O) groups is 1. The molecule has 1 saturated heterocycles. The predicted molar refractivity (Wildman–Crippen MR) is 110 cm³/mol. The largest absolute Gasteiger partial charge is 0.473 e. The van der Waals surface area contributed by atoms with Crippen LogP contribution in [0.3, 0.4) is 0 Å². The summed E-state index contributed by atoms with van der Waals surface area (Å²) in [7, 11) is -3.62. The molecule has 150 valence electrons. The maximum atomic E-state index is 12.9. The van der Waals surface area contributed by atoms with Crippen LogP contribution in [-0.4, -0.2) is 42.8 Å². The molecular formula is C21H21N3O4S. The second-order valence-electron chi connectivity index (χ2n) is 6.94. The first-order valence-corrected chi connectivity index (χ1v) is 10.8. The third kappa shape index (κ3) is 4.23. The van der Waals surface area contributed by atoms with Gasteiger partial charge < -0.3 is 10.1 Å². The quantitative estimate of drug-likeness (QED) is 0.697. The van der Waals surface area contributed by atoms with Gasteiger partial charge >= 0.3 is 0 Å². The van der Waals surface area contributed by atoms with Crippen molar-refractivity contribution in [3.63, 3.8) is 0 Å². The Bertz CT molecular complexity index is 1150. The van der Waals surface area contributed by atoms with E-state index in [1.807, 2.05) is 30.3 Å². The minimum absolute atomic E-state index is 0.191. The van der Waals surface area contributed by atoms with Gasteiger partial charge in [0.1, 0.15) is 6.10 Å². The fraction of sp³-hybridized carbons (Fsp3) is 0.238. The summed E-state index contributed by atoms with van der Waals surface area (Å²) in [4.78, 5) is 15.8. The molecule has 1 unspecified atom stereocenters. The molecule has 1 fully saturated rings. The van der Waals surface area contributed by atoms with E-state index in [0.29, 0.717) is 24.5 Å². The van der Waals surface area contributed by atoms with Crippen molar-refractivity contribution < 1.29 is 17.9 Å². The van der Waals surface area contributed by atoms with Crippen LogP contribution in [0.5, 0.6) is 5.88 Å². The van der Waals surface area contributed by atoms with Crippen LogP contribution < -0.4 is 10.1 Å². The van der Waals surface area contributed by atoms with Crippen LogP contribution in [0.2, 0.25) is 0 Å². The fourth-order valence-electron chi connectivity index (χ4n) is 3.36. The number of anilines is 1. The molecule has 7 nitrogen and oxygen atoms in total. The SMILES string of the molecule is CC(=O)Nc1ccc(S(=O)(=O)N2CCC(Oc3ccc4ccccc4n3)C2)cc1. The number of sulfonamides is 1. The van der Waals surface area contributed by atoms with Gasteiger partial charge in [-0.15, -0.1) is 0 Å². The summed E-state index contributed by atoms with van der Waals surface area (Å²) in [5.41, 5.74) is 1.40. The smallest absolute Gasteiger partial charge is 0.243 e. The van der Waals surface area contributed by atoms with Gasteiger partial charge in [0.15, 0.2) is 0 Å². The Labute approximate surface area is 169 Å². The Kier molecular flexibility index (Phi) is 5.21. The lowest BCUT2D eigenvalue weighted by atomic mass is 10.2. The third-order valence-corrected chi connectivity index (χ3v) is 6.66. The molecule has 0 aliphatic carbocycles. The van der Waals surface area contributed by atoms with Crippen LogP contribution in [-0.2, 0) is 14.8 Å². The first-order chi connectivity index (χ1) is 13.9. The average molecular weight is 411 g/mol. The minimum atomic E-state index is -3.62. The Hall–Kier alpha value is -2.97. The number of nitrogens with zero attached hydrogens (tertiary/aromatic N) is 2. The van der Waals surface area contributed by atoms with Crippen molar-refractivity contribution in [1.29, 1.82) is 0 Å². The van der Waals surface area contributed by atoms with Gasteiger partial charge in [0, 0.05) is 30.6 Å². The zero-order valence-electron chi connectivity index (χ0n) is 15.9. The molecule has 1 atom stereocenters. The monoisotopic (exact) mass is 411 g/mol. The van der Waals surface area contributed by atoms with Crippen molar-refractivity contribution in [3.8, 4) is 5.88 Å². The van der Waals surface area contributed by atoms with Crippen LogP contribution in [0.15, 0.2) is 65.6 Å². The number of pyridine rings is 1. The molecule has 1 aromatic heterocycles. The van der Waals surface area contributed by atoms with Gasteiger partial charge in [-0.25, -0.2) is 13.4 Å². The van der Waals surface area contributed by atoms with Gasteiger partial charge in [-0.2, -0.15) is 4.31 Å². The molecule has 4 rings (SSSR count). The van der Waals surface area contributed by atoms with E-state index >= 15 is 0 Å². The molecule has 1 N–H and O–H groups in total. The van der Waals surface area contributed by atoms with Gasteiger partial charge in [-0.05, 0) is 42.8 Å². The van der Waals surface area contributed by atoms with Crippen molar-refractivity contribution in [3.05, 3.63) is 60.7 Å². The molecule has 29 heavy (non-hydrogen) atoms. The van der Waals surface area contributed by atoms with Crippen molar-refractivity contribution in [1.82, 2.24) is 9.29 Å². The number of hydrogen-bond donors (Lipinski definition) is 1. The Balaban J connectivity index is 1.44. The highest BCUT2D eigenvalue weighted by Crippen LogP contribution is 2.25. The maximum Gasteiger partial charge on any atom is 0.243 e. The van der Waals surface area contributed by atoms with Crippen molar-refractivity contribution in [2.24, 2.45) is 0 Å². The number of nitrogens with one attached hydrogen (secondary N) is 1. The predicted octanol–water partition coefficient (Wildman–Crippen LogP) is 3.04. The van der Waals surface area contributed by atoms with Crippen LogP contribution in [0, 0.1) is 0 Å². The number of aromatic nitrogens is 1. The molecular weight excluding hydrogens is 390 g/mol. The van der Waals surface area contributed by atoms with E-state index in [2.05, 4.69) is 10.3 Å². The lowest BCUT2D eigenvalue weighted by molar-refractivity contribution is -0.114. The van der Waals surface area contributed by atoms with Crippen LogP contribution in [0.1, 0.15) is 13.3 Å². The number of rotatable bonds is 5. The van der Waals surface area contributed by atoms with E-state index in [9.17, 15) is 13.2 Å². The summed E-state index contributed by atoms with van der Waals surface area (Å²) < 4.78 is 33.2. The highest BCUT2D eigenvalue weighted by atomic mass is 32.2. The maximum absolute atomic E-state index is 12.9. The zero-order chi connectivity index (χ0) is 20.4. The summed E-state index contributed by atoms with van der Waals surface area (Å²) in [5.74, 6) is 0.287. The van der Waals surface area contributed by atoms with E-state index in [-0.39, 0.29) is 23.5 Å². The van der Waals surface area contributed by atoms with Crippen LogP contribution >= 0.6 is 0 Å². The molecule has 0 spiro atoms. The number of benzene rings is 2. The second-order valence-corrected chi connectivity index (χ2v) is 8.88. The van der Waals surface area contributed by atoms with Crippen LogP contribution in [0.25, 0.3) is 10.9 Å². The highest BCUT2D eigenvalue weighted by Gasteiger charge is 2.33. The van der Waals surface area contributed by atoms with Gasteiger partial charge in [0.2, 0.25) is 21.8 Å². The first kappa shape index (κ1) is 19.4. The molecule has 2 aromatic carbocycles. The number of para-hydroxylation sites is 1. The zero-order valence-corrected chi connectivity index (χ0v) is 16.7. The topological polar surface area (TPSA) is 88.6 Å². The summed E-state index contributed by atoms with van der Waals surface area (Å²) >= 11 is 0. The number of amides is 1. The lowest BCUT2D eigenvalue weighted by Crippen LogP contribution is -2.31. The first-order valence-electron chi connectivity index (χ1n) is 9.32. The fourth-order valence-corrected chi connectivity index (χ4v) is 4.84. The van der Waals surface area contributed by atoms with Gasteiger partial charge in [0.05, 0.1) is 17.0 Å². The normalized spacial score (nSPS) is 17.3. The average Bonchev–Trinajstić information content (AvgIpc) is 3.17. The van der Waals surface area contributed by atoms with E-state index in [1.54, 1.807) is 18.2 Å². The molecule has 8 heteroatoms. The lowest BCUT2D eigenvalue weighted by Gasteiger charge is -2.17. The van der Waals surface area contributed by atoms with E-state index in [1.165, 1.54) is 23.4 Å². The summed E-state index contributed by atoms with van der Waals surface area (Å²) in [6.45, 7) is 2.05. The summed E-state index contributed by atoms with van der Waals surface area (Å²) in [6, 6.07) is 17.7. The summed E-state index contributed by atoms with van der Waals surface area (Å²) in [5, 5.41) is 3.65. The number of carbonyl (C=O) groups excluding carboxylic acids is 1. The number of ether oxygens (including phenoxy) is 1. The molecule has 1 amide bonds. The molecule has 1 aliphatic heterocycles. The van der Waals surface area contributed by atoms with Crippen LogP contribution in [0.4, 0.5) is 5.69 Å². The molecule has 0 saturated carbocycles. The number of fused-ring (bicyclic) bond motifs is 1. The van der Waals surface area contributed by atoms with Crippen molar-refractivity contribution in [2.75, 3.05) is 18.4 Å². The molecule has 1 aliphatic rings. The van der Waals surface area contributed by atoms with E-state index in [4.69, 9.17) is 4.74 Å². The summed E-state index contributed by atoms with van der Waals surface area (Å²) in [6.07, 6.45) is 0.342. The van der Waals surface area contributed by atoms with Gasteiger partial charge in [0.25, 0.3) is 0 Å². The minimum Gasteiger partial charge on any atom is -0.473 e. The third-order valence-electron chi connectivity index (χ3n) is 4.78. The Morgan fingerprint density at radius 3 is 2.62 bits per heavy atom. The van der Waals surface area contributed by atoms with Gasteiger partial charge in [-0.3, -0.25) is 4.79 Å². The second kappa shape index (κ2) is 7.81.